The van der Waals surface area contributed by atoms with Gasteiger partial charge in [-0.25, -0.2) is 9.78 Å². The maximum atomic E-state index is 13.5. The Hall–Kier alpha value is -5.70. The van der Waals surface area contributed by atoms with Gasteiger partial charge in [-0.3, -0.25) is 19.3 Å². The number of carbonyl (C=O) groups excluding carboxylic acids is 4. The van der Waals surface area contributed by atoms with Crippen LogP contribution in [0.25, 0.3) is 21.6 Å². The first-order valence-corrected chi connectivity index (χ1v) is 24.0. The van der Waals surface area contributed by atoms with Gasteiger partial charge in [-0.1, -0.05) is 45.0 Å². The minimum absolute atomic E-state index is 0.00255. The monoisotopic (exact) mass is 972 g/mol. The van der Waals surface area contributed by atoms with Gasteiger partial charge in [0.05, 0.1) is 74.4 Å². The van der Waals surface area contributed by atoms with Crippen LogP contribution in [0.3, 0.4) is 0 Å². The van der Waals surface area contributed by atoms with E-state index in [0.717, 1.165) is 44.0 Å². The number of thiazole rings is 1. The molecule has 19 heteroatoms. The van der Waals surface area contributed by atoms with Crippen molar-refractivity contribution in [3.63, 3.8) is 0 Å². The molecule has 4 amide bonds. The molecule has 18 nitrogen and oxygen atoms in total. The molecule has 1 unspecified atom stereocenters. The summed E-state index contributed by atoms with van der Waals surface area (Å²) in [5, 5.41) is 19.4. The van der Waals surface area contributed by atoms with E-state index < -0.39 is 29.0 Å². The molecule has 1 saturated heterocycles. The lowest BCUT2D eigenvalue weighted by Crippen LogP contribution is -2.65. The number of aryl methyl sites for hydroxylation is 2. The largest absolute Gasteiger partial charge is 0.496 e. The Labute approximate surface area is 408 Å². The number of fused-ring (bicyclic) bond motifs is 1. The van der Waals surface area contributed by atoms with Gasteiger partial charge in [0.2, 0.25) is 11.8 Å². The second-order valence-corrected chi connectivity index (χ2v) is 19.8. The lowest BCUT2D eigenvalue weighted by Gasteiger charge is -2.44. The van der Waals surface area contributed by atoms with Crippen LogP contribution in [-0.4, -0.2) is 152 Å². The van der Waals surface area contributed by atoms with E-state index >= 15 is 0 Å². The molecule has 0 aliphatic carbocycles. The third-order valence-electron chi connectivity index (χ3n) is 12.8. The predicted molar refractivity (Wildman–Crippen MR) is 263 cm³/mol. The van der Waals surface area contributed by atoms with E-state index in [2.05, 4.69) is 20.9 Å². The highest BCUT2D eigenvalue weighted by atomic mass is 32.1. The lowest BCUT2D eigenvalue weighted by molar-refractivity contribution is -0.135. The van der Waals surface area contributed by atoms with Crippen LogP contribution in [0.2, 0.25) is 0 Å². The van der Waals surface area contributed by atoms with Crippen molar-refractivity contribution in [2.75, 3.05) is 80.9 Å². The van der Waals surface area contributed by atoms with Crippen molar-refractivity contribution in [3.8, 4) is 33.1 Å². The summed E-state index contributed by atoms with van der Waals surface area (Å²) in [5.41, 5.74) is 6.46. The maximum absolute atomic E-state index is 13.5. The third-order valence-corrected chi connectivity index (χ3v) is 13.8. The minimum atomic E-state index is -1.42. The molecule has 1 fully saturated rings. The Balaban J connectivity index is 0.943. The number of nitrogens with one attached hydrogen (secondary N) is 3. The number of urea groups is 1. The normalized spacial score (nSPS) is 17.0. The standard InChI is InChI=1S/C50H68N8O10S/c1-32-45(69-31-53-32)34-12-10-33(11-13-34)23-52-46(62)41-22-36(60)24-58(41)29-50(30-59,49(2,3)4)54-44(61)28-68-19-18-67-17-15-51-48(64)57-16-14-37-38(26-56(7)47(63)39(37)27-57)35-20-42(65-8)40(25-55(5)6)43(21-35)66-9/h10-13,20-21,26,30-31,36,41,60H,14-19,22-25,27-29H2,1-9H3,(H,51,64)(H,52,62)(H,54,61)/t36-,41+,50?/m1/s1. The van der Waals surface area contributed by atoms with Crippen LogP contribution in [0.5, 0.6) is 11.5 Å². The summed E-state index contributed by atoms with van der Waals surface area (Å²) in [6.07, 6.45) is 2.41. The molecule has 374 valence electrons. The Morgan fingerprint density at radius 2 is 1.68 bits per heavy atom. The Morgan fingerprint density at radius 1 is 0.986 bits per heavy atom. The topological polar surface area (TPSA) is 206 Å². The average Bonchev–Trinajstić information content (AvgIpc) is 3.93. The van der Waals surface area contributed by atoms with E-state index in [1.54, 1.807) is 42.4 Å². The number of pyridine rings is 1. The number of aliphatic hydroxyl groups excluding tert-OH is 1. The van der Waals surface area contributed by atoms with E-state index in [9.17, 15) is 29.1 Å². The van der Waals surface area contributed by atoms with Crippen molar-refractivity contribution in [2.24, 2.45) is 12.5 Å². The number of aliphatic hydroxyl groups is 1. The first-order chi connectivity index (χ1) is 32.9. The van der Waals surface area contributed by atoms with Crippen molar-refractivity contribution in [1.29, 1.82) is 0 Å². The molecule has 0 bridgehead atoms. The van der Waals surface area contributed by atoms with Gasteiger partial charge in [-0.15, -0.1) is 11.3 Å². The van der Waals surface area contributed by atoms with Gasteiger partial charge in [-0.2, -0.15) is 0 Å². The SMILES string of the molecule is COc1cc(-c2cn(C)c(=O)c3c2CCN(C(=O)NCCOCCOCC(=O)NC(C=O)(CN2C[C@H](O)C[C@H]2C(=O)NCc2ccc(-c4scnc4C)cc2)C(C)(C)C)C3)cc(OC)c1CN(C)C. The molecule has 4 N–H and O–H groups in total. The van der Waals surface area contributed by atoms with Crippen molar-refractivity contribution in [1.82, 2.24) is 40.2 Å². The van der Waals surface area contributed by atoms with Crippen LogP contribution in [0.15, 0.2) is 52.9 Å². The molecule has 0 saturated carbocycles. The highest BCUT2D eigenvalue weighted by molar-refractivity contribution is 7.13. The molecule has 4 aromatic rings. The van der Waals surface area contributed by atoms with Gasteiger partial charge in [0.15, 0.2) is 0 Å². The maximum Gasteiger partial charge on any atom is 0.317 e. The number of methoxy groups -OCH3 is 2. The first-order valence-electron chi connectivity index (χ1n) is 23.1. The van der Waals surface area contributed by atoms with Crippen LogP contribution in [-0.2, 0) is 57.0 Å². The second-order valence-electron chi connectivity index (χ2n) is 19.0. The molecular weight excluding hydrogens is 905 g/mol. The Bertz CT molecular complexity index is 2480. The highest BCUT2D eigenvalue weighted by Gasteiger charge is 2.48. The van der Waals surface area contributed by atoms with Crippen molar-refractivity contribution >= 4 is 35.5 Å². The van der Waals surface area contributed by atoms with Gasteiger partial charge < -0.3 is 59.2 Å². The number of amides is 4. The van der Waals surface area contributed by atoms with Gasteiger partial charge in [0.1, 0.15) is 29.9 Å². The quantitative estimate of drug-likeness (QED) is 0.0698. The molecule has 69 heavy (non-hydrogen) atoms. The number of likely N-dealkylation sites (tertiary alicyclic amines) is 1. The van der Waals surface area contributed by atoms with E-state index in [0.29, 0.717) is 42.9 Å². The number of β-amino-alcohol motifs (C(OH)–C–C–N with tert-alkyl or cyclic N) is 1. The van der Waals surface area contributed by atoms with Crippen LogP contribution < -0.4 is 31.0 Å². The van der Waals surface area contributed by atoms with Crippen molar-refractivity contribution in [3.05, 3.63) is 86.4 Å². The number of nitrogens with zero attached hydrogens (tertiary/aromatic N) is 5. The molecule has 0 spiro atoms. The molecule has 2 aromatic carbocycles. The molecule has 2 aliphatic heterocycles. The number of aromatic nitrogens is 2. The molecule has 6 rings (SSSR count). The summed E-state index contributed by atoms with van der Waals surface area (Å²) in [7, 11) is 8.89. The molecule has 0 radical (unpaired) electrons. The fourth-order valence-corrected chi connectivity index (χ4v) is 9.67. The molecule has 2 aliphatic rings. The Kier molecular flexibility index (Phi) is 17.8. The fourth-order valence-electron chi connectivity index (χ4n) is 8.86. The van der Waals surface area contributed by atoms with Gasteiger partial charge in [-0.05, 0) is 73.7 Å². The summed E-state index contributed by atoms with van der Waals surface area (Å²) >= 11 is 1.57. The third kappa shape index (κ3) is 12.7. The lowest BCUT2D eigenvalue weighted by atomic mass is 9.73. The number of benzene rings is 2. The van der Waals surface area contributed by atoms with Crippen LogP contribution in [0.4, 0.5) is 4.79 Å². The molecule has 2 aromatic heterocycles. The van der Waals surface area contributed by atoms with E-state index in [1.807, 2.05) is 94.8 Å². The second kappa shape index (κ2) is 23.3. The van der Waals surface area contributed by atoms with Crippen LogP contribution in [0, 0.1) is 12.3 Å². The number of aldehydes is 1. The summed E-state index contributed by atoms with van der Waals surface area (Å²) in [5.74, 6) is 0.558. The highest BCUT2D eigenvalue weighted by Crippen LogP contribution is 2.38. The number of carbonyl (C=O) groups is 4. The Morgan fingerprint density at radius 3 is 2.30 bits per heavy atom. The number of rotatable bonds is 21. The van der Waals surface area contributed by atoms with Crippen molar-refractivity contribution in [2.45, 2.75) is 77.9 Å². The average molecular weight is 973 g/mol. The smallest absolute Gasteiger partial charge is 0.317 e. The number of hydrogen-bond acceptors (Lipinski definition) is 14. The predicted octanol–water partition coefficient (Wildman–Crippen LogP) is 3.52. The molecular formula is C50H68N8O10S. The number of ether oxygens (including phenoxy) is 4. The summed E-state index contributed by atoms with van der Waals surface area (Å²) in [4.78, 5) is 77.2. The molecule has 4 heterocycles. The zero-order valence-corrected chi connectivity index (χ0v) is 42.1. The molecule has 3 atom stereocenters. The zero-order valence-electron chi connectivity index (χ0n) is 41.3. The summed E-state index contributed by atoms with van der Waals surface area (Å²) in [6, 6.07) is 10.8. The van der Waals surface area contributed by atoms with Crippen LogP contribution in [0.1, 0.15) is 55.1 Å². The van der Waals surface area contributed by atoms with E-state index in [-0.39, 0.29) is 83.1 Å². The van der Waals surface area contributed by atoms with Crippen LogP contribution >= 0.6 is 11.3 Å². The summed E-state index contributed by atoms with van der Waals surface area (Å²) < 4.78 is 24.3. The zero-order chi connectivity index (χ0) is 50.0. The first kappa shape index (κ1) is 52.7. The van der Waals surface area contributed by atoms with Gasteiger partial charge in [0, 0.05) is 63.6 Å². The van der Waals surface area contributed by atoms with Gasteiger partial charge >= 0.3 is 6.03 Å². The van der Waals surface area contributed by atoms with E-state index in [4.69, 9.17) is 18.9 Å². The van der Waals surface area contributed by atoms with Crippen molar-refractivity contribution < 1.29 is 43.2 Å². The fraction of sp³-hybridized carbons (Fsp3) is 0.520. The number of hydrogen-bond donors (Lipinski definition) is 4. The van der Waals surface area contributed by atoms with Gasteiger partial charge in [0.25, 0.3) is 5.56 Å². The summed E-state index contributed by atoms with van der Waals surface area (Å²) in [6.45, 7) is 9.32. The minimum Gasteiger partial charge on any atom is -0.496 e. The van der Waals surface area contributed by atoms with E-state index in [1.165, 1.54) is 4.57 Å².